The molecule has 0 spiro atoms. The van der Waals surface area contributed by atoms with Gasteiger partial charge < -0.3 is 15.2 Å². The molecule has 1 aliphatic carbocycles. The second kappa shape index (κ2) is 7.41. The lowest BCUT2D eigenvalue weighted by Gasteiger charge is -2.20. The first-order chi connectivity index (χ1) is 10.1. The second-order valence-electron chi connectivity index (χ2n) is 5.57. The van der Waals surface area contributed by atoms with Gasteiger partial charge in [0.05, 0.1) is 6.10 Å². The number of rotatable bonds is 6. The molecule has 1 fully saturated rings. The van der Waals surface area contributed by atoms with Crippen LogP contribution in [0.1, 0.15) is 32.6 Å². The summed E-state index contributed by atoms with van der Waals surface area (Å²) in [5, 5.41) is 12.7. The highest BCUT2D eigenvalue weighted by molar-refractivity contribution is 5.80. The normalized spacial score (nSPS) is 18.2. The Morgan fingerprint density at radius 2 is 2.19 bits per heavy atom. The zero-order chi connectivity index (χ0) is 15.2. The Kier molecular flexibility index (Phi) is 5.56. The van der Waals surface area contributed by atoms with Crippen LogP contribution in [0.5, 0.6) is 5.75 Å². The Balaban J connectivity index is 1.77. The first kappa shape index (κ1) is 15.8. The SMILES string of the molecule is CC(Oc1cccc(F)c1)C(=O)NCC(O)C1CCCC1. The van der Waals surface area contributed by atoms with E-state index >= 15 is 0 Å². The van der Waals surface area contributed by atoms with Crippen LogP contribution in [0.25, 0.3) is 0 Å². The number of benzene rings is 1. The summed E-state index contributed by atoms with van der Waals surface area (Å²) in [6, 6.07) is 5.67. The summed E-state index contributed by atoms with van der Waals surface area (Å²) in [4.78, 5) is 11.9. The fraction of sp³-hybridized carbons (Fsp3) is 0.562. The average molecular weight is 295 g/mol. The minimum absolute atomic E-state index is 0.236. The van der Waals surface area contributed by atoms with Crippen molar-refractivity contribution in [2.24, 2.45) is 5.92 Å². The van der Waals surface area contributed by atoms with Gasteiger partial charge in [-0.25, -0.2) is 4.39 Å². The molecule has 0 saturated heterocycles. The third-order valence-corrected chi connectivity index (χ3v) is 3.91. The van der Waals surface area contributed by atoms with Crippen LogP contribution in [0.2, 0.25) is 0 Å². The number of nitrogens with one attached hydrogen (secondary N) is 1. The number of aliphatic hydroxyl groups excluding tert-OH is 1. The van der Waals surface area contributed by atoms with Crippen LogP contribution >= 0.6 is 0 Å². The minimum Gasteiger partial charge on any atom is -0.481 e. The molecule has 4 nitrogen and oxygen atoms in total. The summed E-state index contributed by atoms with van der Waals surface area (Å²) in [7, 11) is 0. The number of hydrogen-bond acceptors (Lipinski definition) is 3. The number of aliphatic hydroxyl groups is 1. The van der Waals surface area contributed by atoms with Gasteiger partial charge in [-0.15, -0.1) is 0 Å². The van der Waals surface area contributed by atoms with Crippen molar-refractivity contribution in [3.05, 3.63) is 30.1 Å². The Morgan fingerprint density at radius 3 is 2.86 bits per heavy atom. The Labute approximate surface area is 124 Å². The van der Waals surface area contributed by atoms with Crippen molar-refractivity contribution in [2.75, 3.05) is 6.54 Å². The van der Waals surface area contributed by atoms with E-state index in [1.54, 1.807) is 13.0 Å². The van der Waals surface area contributed by atoms with Crippen LogP contribution in [0, 0.1) is 11.7 Å². The van der Waals surface area contributed by atoms with Gasteiger partial charge in [-0.3, -0.25) is 4.79 Å². The van der Waals surface area contributed by atoms with Crippen LogP contribution in [0.15, 0.2) is 24.3 Å². The molecule has 0 aliphatic heterocycles. The molecule has 1 amide bonds. The van der Waals surface area contributed by atoms with E-state index in [4.69, 9.17) is 4.74 Å². The molecule has 1 aromatic carbocycles. The maximum absolute atomic E-state index is 13.0. The fourth-order valence-electron chi connectivity index (χ4n) is 2.66. The number of carbonyl (C=O) groups is 1. The molecule has 5 heteroatoms. The third kappa shape index (κ3) is 4.70. The zero-order valence-electron chi connectivity index (χ0n) is 12.2. The lowest BCUT2D eigenvalue weighted by atomic mass is 10.0. The van der Waals surface area contributed by atoms with E-state index in [0.29, 0.717) is 5.75 Å². The lowest BCUT2D eigenvalue weighted by molar-refractivity contribution is -0.127. The van der Waals surface area contributed by atoms with E-state index in [2.05, 4.69) is 5.32 Å². The predicted molar refractivity (Wildman–Crippen MR) is 77.5 cm³/mol. The first-order valence-electron chi connectivity index (χ1n) is 7.44. The molecule has 0 heterocycles. The maximum atomic E-state index is 13.0. The fourth-order valence-corrected chi connectivity index (χ4v) is 2.66. The smallest absolute Gasteiger partial charge is 0.260 e. The highest BCUT2D eigenvalue weighted by Gasteiger charge is 2.24. The molecule has 2 rings (SSSR count). The van der Waals surface area contributed by atoms with Gasteiger partial charge in [-0.1, -0.05) is 18.9 Å². The van der Waals surface area contributed by atoms with E-state index in [0.717, 1.165) is 25.7 Å². The standard InChI is InChI=1S/C16H22FNO3/c1-11(21-14-8-4-7-13(17)9-14)16(20)18-10-15(19)12-5-2-3-6-12/h4,7-9,11-12,15,19H,2-3,5-6,10H2,1H3,(H,18,20). The van der Waals surface area contributed by atoms with Crippen molar-refractivity contribution in [3.63, 3.8) is 0 Å². The summed E-state index contributed by atoms with van der Waals surface area (Å²) < 4.78 is 18.4. The Hall–Kier alpha value is -1.62. The zero-order valence-corrected chi connectivity index (χ0v) is 12.2. The molecule has 21 heavy (non-hydrogen) atoms. The van der Waals surface area contributed by atoms with Crippen molar-refractivity contribution in [1.82, 2.24) is 5.32 Å². The Bertz CT molecular complexity index is 474. The summed E-state index contributed by atoms with van der Waals surface area (Å²) in [5.41, 5.74) is 0. The quantitative estimate of drug-likeness (QED) is 0.846. The number of hydrogen-bond donors (Lipinski definition) is 2. The second-order valence-corrected chi connectivity index (χ2v) is 5.57. The van der Waals surface area contributed by atoms with Crippen molar-refractivity contribution >= 4 is 5.91 Å². The summed E-state index contributed by atoms with van der Waals surface area (Å²) in [6.07, 6.45) is 3.10. The molecular weight excluding hydrogens is 273 g/mol. The highest BCUT2D eigenvalue weighted by Crippen LogP contribution is 2.27. The van der Waals surface area contributed by atoms with Gasteiger partial charge in [0.2, 0.25) is 0 Å². The molecule has 2 unspecified atom stereocenters. The minimum atomic E-state index is -0.734. The molecule has 1 aromatic rings. The van der Waals surface area contributed by atoms with E-state index in [9.17, 15) is 14.3 Å². The third-order valence-electron chi connectivity index (χ3n) is 3.91. The van der Waals surface area contributed by atoms with Gasteiger partial charge in [-0.05, 0) is 37.8 Å². The molecule has 1 saturated carbocycles. The van der Waals surface area contributed by atoms with Crippen LogP contribution in [-0.4, -0.2) is 29.8 Å². The van der Waals surface area contributed by atoms with Crippen molar-refractivity contribution in [1.29, 1.82) is 0 Å². The summed E-state index contributed by atoms with van der Waals surface area (Å²) in [6.45, 7) is 1.84. The van der Waals surface area contributed by atoms with Crippen LogP contribution in [-0.2, 0) is 4.79 Å². The maximum Gasteiger partial charge on any atom is 0.260 e. The summed E-state index contributed by atoms with van der Waals surface area (Å²) in [5.74, 6) is -0.119. The first-order valence-corrected chi connectivity index (χ1v) is 7.44. The lowest BCUT2D eigenvalue weighted by Crippen LogP contribution is -2.41. The van der Waals surface area contributed by atoms with E-state index in [-0.39, 0.29) is 18.4 Å². The topological polar surface area (TPSA) is 58.6 Å². The predicted octanol–water partition coefficient (Wildman–Crippen LogP) is 2.26. The van der Waals surface area contributed by atoms with Crippen LogP contribution < -0.4 is 10.1 Å². The van der Waals surface area contributed by atoms with Crippen LogP contribution in [0.3, 0.4) is 0 Å². The van der Waals surface area contributed by atoms with Crippen molar-refractivity contribution in [2.45, 2.75) is 44.8 Å². The molecule has 0 radical (unpaired) electrons. The Morgan fingerprint density at radius 1 is 1.48 bits per heavy atom. The van der Waals surface area contributed by atoms with Gasteiger partial charge in [0, 0.05) is 12.6 Å². The molecule has 1 aliphatic rings. The average Bonchev–Trinajstić information content (AvgIpc) is 2.98. The van der Waals surface area contributed by atoms with Crippen molar-refractivity contribution in [3.8, 4) is 5.75 Å². The number of halogens is 1. The number of carbonyl (C=O) groups excluding carboxylic acids is 1. The van der Waals surface area contributed by atoms with Crippen LogP contribution in [0.4, 0.5) is 4.39 Å². The van der Waals surface area contributed by atoms with E-state index in [1.807, 2.05) is 0 Å². The summed E-state index contributed by atoms with van der Waals surface area (Å²) >= 11 is 0. The number of ether oxygens (including phenoxy) is 1. The molecule has 0 bridgehead atoms. The van der Waals surface area contributed by atoms with Gasteiger partial charge >= 0.3 is 0 Å². The number of amides is 1. The molecule has 2 atom stereocenters. The monoisotopic (exact) mass is 295 g/mol. The van der Waals surface area contributed by atoms with E-state index in [1.165, 1.54) is 18.2 Å². The van der Waals surface area contributed by atoms with Crippen molar-refractivity contribution < 1.29 is 19.0 Å². The van der Waals surface area contributed by atoms with Gasteiger partial charge in [0.15, 0.2) is 6.10 Å². The molecule has 116 valence electrons. The molecule has 2 N–H and O–H groups in total. The van der Waals surface area contributed by atoms with Gasteiger partial charge in [0.25, 0.3) is 5.91 Å². The van der Waals surface area contributed by atoms with E-state index < -0.39 is 18.0 Å². The van der Waals surface area contributed by atoms with Gasteiger partial charge in [0.1, 0.15) is 11.6 Å². The molecule has 0 aromatic heterocycles. The highest BCUT2D eigenvalue weighted by atomic mass is 19.1. The van der Waals surface area contributed by atoms with Gasteiger partial charge in [-0.2, -0.15) is 0 Å². The largest absolute Gasteiger partial charge is 0.481 e. The molecular formula is C16H22FNO3.